The van der Waals surface area contributed by atoms with Gasteiger partial charge in [-0.25, -0.2) is 4.39 Å². The maximum atomic E-state index is 14.0. The maximum Gasteiger partial charge on any atom is 0.261 e. The highest BCUT2D eigenvalue weighted by Gasteiger charge is 2.31. The Kier molecular flexibility index (Phi) is 8.79. The number of ether oxygens (including phenoxy) is 1. The molecule has 34 heavy (non-hydrogen) atoms. The second-order valence-electron chi connectivity index (χ2n) is 8.60. The molecule has 3 aromatic carbocycles. The molecule has 0 heterocycles. The molecule has 5 nitrogen and oxygen atoms in total. The fraction of sp³-hybridized carbons (Fsp3) is 0.286. The van der Waals surface area contributed by atoms with E-state index in [2.05, 4.69) is 5.32 Å². The molecule has 0 aliphatic heterocycles. The molecule has 0 radical (unpaired) electrons. The highest BCUT2D eigenvalue weighted by Crippen LogP contribution is 2.18. The van der Waals surface area contributed by atoms with Gasteiger partial charge in [-0.2, -0.15) is 0 Å². The second kappa shape index (κ2) is 12.0. The fourth-order valence-electron chi connectivity index (χ4n) is 3.73. The van der Waals surface area contributed by atoms with E-state index in [1.807, 2.05) is 75.4 Å². The number of carbonyl (C=O) groups is 2. The topological polar surface area (TPSA) is 58.6 Å². The summed E-state index contributed by atoms with van der Waals surface area (Å²) in [5.74, 6) is -1.19. The van der Waals surface area contributed by atoms with Gasteiger partial charge in [0.1, 0.15) is 6.04 Å². The van der Waals surface area contributed by atoms with Crippen molar-refractivity contribution in [3.8, 4) is 5.75 Å². The Hall–Kier alpha value is -3.67. The minimum absolute atomic E-state index is 0.00223. The number of halogens is 1. The van der Waals surface area contributed by atoms with E-state index >= 15 is 0 Å². The van der Waals surface area contributed by atoms with Crippen molar-refractivity contribution in [3.63, 3.8) is 0 Å². The Morgan fingerprint density at radius 2 is 1.62 bits per heavy atom. The number of para-hydroxylation sites is 1. The molecule has 6 heteroatoms. The number of amides is 2. The highest BCUT2D eigenvalue weighted by atomic mass is 19.1. The van der Waals surface area contributed by atoms with Crippen LogP contribution in [-0.2, 0) is 22.6 Å². The third kappa shape index (κ3) is 7.17. The summed E-state index contributed by atoms with van der Waals surface area (Å²) in [5, 5.41) is 2.94. The SMILES string of the molecule is Cc1cccc(CN(C(=O)COc2ccccc2F)C(Cc2ccccc2)C(=O)NC(C)C)c1. The van der Waals surface area contributed by atoms with Crippen LogP contribution in [0.15, 0.2) is 78.9 Å². The van der Waals surface area contributed by atoms with Gasteiger partial charge in [0.2, 0.25) is 5.91 Å². The molecule has 178 valence electrons. The van der Waals surface area contributed by atoms with Crippen LogP contribution < -0.4 is 10.1 Å². The Bertz CT molecular complexity index is 1100. The lowest BCUT2D eigenvalue weighted by molar-refractivity contribution is -0.143. The van der Waals surface area contributed by atoms with Crippen molar-refractivity contribution in [2.45, 2.75) is 45.8 Å². The Balaban J connectivity index is 1.92. The molecule has 0 aromatic heterocycles. The molecular weight excluding hydrogens is 431 g/mol. The first-order valence-corrected chi connectivity index (χ1v) is 11.4. The normalized spacial score (nSPS) is 11.7. The van der Waals surface area contributed by atoms with Gasteiger partial charge in [0.15, 0.2) is 18.2 Å². The van der Waals surface area contributed by atoms with Crippen LogP contribution in [0.25, 0.3) is 0 Å². The van der Waals surface area contributed by atoms with Crippen molar-refractivity contribution in [3.05, 3.63) is 101 Å². The summed E-state index contributed by atoms with van der Waals surface area (Å²) in [6, 6.07) is 22.5. The maximum absolute atomic E-state index is 14.0. The van der Waals surface area contributed by atoms with Crippen LogP contribution in [0.3, 0.4) is 0 Å². The molecule has 0 fully saturated rings. The van der Waals surface area contributed by atoms with Crippen LogP contribution in [0.1, 0.15) is 30.5 Å². The summed E-state index contributed by atoms with van der Waals surface area (Å²) in [5.41, 5.74) is 2.89. The number of hydrogen-bond donors (Lipinski definition) is 1. The lowest BCUT2D eigenvalue weighted by Crippen LogP contribution is -2.52. The zero-order valence-electron chi connectivity index (χ0n) is 19.8. The highest BCUT2D eigenvalue weighted by molar-refractivity contribution is 5.88. The zero-order chi connectivity index (χ0) is 24.5. The van der Waals surface area contributed by atoms with Gasteiger partial charge in [0, 0.05) is 19.0 Å². The van der Waals surface area contributed by atoms with Crippen molar-refractivity contribution in [2.24, 2.45) is 0 Å². The standard InChI is InChI=1S/C28H31FN2O3/c1-20(2)30-28(33)25(17-22-11-5-4-6-12-22)31(18-23-13-9-10-21(3)16-23)27(32)19-34-26-15-8-7-14-24(26)29/h4-16,20,25H,17-19H2,1-3H3,(H,30,33). The van der Waals surface area contributed by atoms with Crippen molar-refractivity contribution < 1.29 is 18.7 Å². The number of aryl methyl sites for hydroxylation is 1. The summed E-state index contributed by atoms with van der Waals surface area (Å²) >= 11 is 0. The minimum atomic E-state index is -0.762. The predicted molar refractivity (Wildman–Crippen MR) is 131 cm³/mol. The van der Waals surface area contributed by atoms with Gasteiger partial charge in [-0.1, -0.05) is 72.3 Å². The quantitative estimate of drug-likeness (QED) is 0.476. The van der Waals surface area contributed by atoms with Crippen LogP contribution in [0.5, 0.6) is 5.75 Å². The van der Waals surface area contributed by atoms with Gasteiger partial charge in [0.05, 0.1) is 0 Å². The molecule has 0 bridgehead atoms. The predicted octanol–water partition coefficient (Wildman–Crippen LogP) is 4.68. The summed E-state index contributed by atoms with van der Waals surface area (Å²) in [4.78, 5) is 28.2. The molecule has 0 aliphatic rings. The average molecular weight is 463 g/mol. The van der Waals surface area contributed by atoms with Crippen LogP contribution in [0.2, 0.25) is 0 Å². The third-order valence-electron chi connectivity index (χ3n) is 5.33. The van der Waals surface area contributed by atoms with Gasteiger partial charge < -0.3 is 15.0 Å². The number of nitrogens with zero attached hydrogens (tertiary/aromatic N) is 1. The Morgan fingerprint density at radius 3 is 2.29 bits per heavy atom. The molecule has 0 saturated carbocycles. The third-order valence-corrected chi connectivity index (χ3v) is 5.33. The van der Waals surface area contributed by atoms with E-state index in [4.69, 9.17) is 4.74 Å². The van der Waals surface area contributed by atoms with E-state index in [0.29, 0.717) is 6.42 Å². The molecule has 0 aliphatic carbocycles. The molecule has 1 N–H and O–H groups in total. The number of carbonyl (C=O) groups excluding carboxylic acids is 2. The summed E-state index contributed by atoms with van der Waals surface area (Å²) in [6.45, 7) is 5.58. The first kappa shape index (κ1) is 25.0. The van der Waals surface area contributed by atoms with Gasteiger partial charge >= 0.3 is 0 Å². The van der Waals surface area contributed by atoms with Crippen LogP contribution >= 0.6 is 0 Å². The van der Waals surface area contributed by atoms with E-state index in [1.165, 1.54) is 17.0 Å². The number of benzene rings is 3. The van der Waals surface area contributed by atoms with Gasteiger partial charge in [-0.3, -0.25) is 9.59 Å². The van der Waals surface area contributed by atoms with E-state index in [-0.39, 0.29) is 30.9 Å². The van der Waals surface area contributed by atoms with Gasteiger partial charge in [0.25, 0.3) is 5.91 Å². The van der Waals surface area contributed by atoms with Crippen molar-refractivity contribution in [1.82, 2.24) is 10.2 Å². The molecular formula is C28H31FN2O3. The first-order valence-electron chi connectivity index (χ1n) is 11.4. The molecule has 1 atom stereocenters. The summed E-state index contributed by atoms with van der Waals surface area (Å²) in [6.07, 6.45) is 0.344. The first-order chi connectivity index (χ1) is 16.3. The monoisotopic (exact) mass is 462 g/mol. The lowest BCUT2D eigenvalue weighted by atomic mass is 10.0. The van der Waals surface area contributed by atoms with E-state index in [1.54, 1.807) is 12.1 Å². The largest absolute Gasteiger partial charge is 0.481 e. The lowest BCUT2D eigenvalue weighted by Gasteiger charge is -2.32. The van der Waals surface area contributed by atoms with Crippen LogP contribution in [-0.4, -0.2) is 35.4 Å². The van der Waals surface area contributed by atoms with Gasteiger partial charge in [-0.15, -0.1) is 0 Å². The molecule has 3 rings (SSSR count). The number of rotatable bonds is 10. The number of hydrogen-bond acceptors (Lipinski definition) is 3. The summed E-state index contributed by atoms with van der Waals surface area (Å²) in [7, 11) is 0. The number of nitrogens with one attached hydrogen (secondary N) is 1. The molecule has 2 amide bonds. The Morgan fingerprint density at radius 1 is 0.941 bits per heavy atom. The van der Waals surface area contributed by atoms with Crippen molar-refractivity contribution in [2.75, 3.05) is 6.61 Å². The van der Waals surface area contributed by atoms with Gasteiger partial charge in [-0.05, 0) is 44.0 Å². The van der Waals surface area contributed by atoms with Crippen molar-refractivity contribution in [1.29, 1.82) is 0 Å². The molecule has 3 aromatic rings. The molecule has 0 saturated heterocycles. The average Bonchev–Trinajstić information content (AvgIpc) is 2.81. The second-order valence-corrected chi connectivity index (χ2v) is 8.60. The summed E-state index contributed by atoms with van der Waals surface area (Å²) < 4.78 is 19.5. The Labute approximate surface area is 200 Å². The minimum Gasteiger partial charge on any atom is -0.481 e. The zero-order valence-corrected chi connectivity index (χ0v) is 19.8. The smallest absolute Gasteiger partial charge is 0.261 e. The van der Waals surface area contributed by atoms with Crippen molar-refractivity contribution >= 4 is 11.8 Å². The van der Waals surface area contributed by atoms with Crippen LogP contribution in [0, 0.1) is 12.7 Å². The van der Waals surface area contributed by atoms with E-state index < -0.39 is 17.8 Å². The van der Waals surface area contributed by atoms with Crippen LogP contribution in [0.4, 0.5) is 4.39 Å². The fourth-order valence-corrected chi connectivity index (χ4v) is 3.73. The molecule has 1 unspecified atom stereocenters. The van der Waals surface area contributed by atoms with E-state index in [0.717, 1.165) is 16.7 Å². The van der Waals surface area contributed by atoms with E-state index in [9.17, 15) is 14.0 Å². The molecule has 0 spiro atoms.